The van der Waals surface area contributed by atoms with Crippen molar-refractivity contribution >= 4 is 33.3 Å². The van der Waals surface area contributed by atoms with E-state index in [4.69, 9.17) is 4.42 Å². The summed E-state index contributed by atoms with van der Waals surface area (Å²) in [6, 6.07) is 11.8. The largest absolute Gasteiger partial charge is 0.441 e. The average molecular weight is 420 g/mol. The number of aryl methyl sites for hydroxylation is 1. The summed E-state index contributed by atoms with van der Waals surface area (Å²) in [5.74, 6) is 2.29. The number of hydrogen-bond donors (Lipinski definition) is 0. The molecule has 30 heavy (non-hydrogen) atoms. The number of piperazine rings is 1. The maximum atomic E-state index is 12.9. The van der Waals surface area contributed by atoms with Crippen LogP contribution in [0.15, 0.2) is 52.5 Å². The molecule has 152 valence electrons. The molecule has 8 heteroatoms. The maximum Gasteiger partial charge on any atom is 0.228 e. The second kappa shape index (κ2) is 7.87. The number of oxazole rings is 1. The quantitative estimate of drug-likeness (QED) is 0.504. The minimum Gasteiger partial charge on any atom is -0.441 e. The highest BCUT2D eigenvalue weighted by Gasteiger charge is 2.25. The number of rotatable bonds is 4. The van der Waals surface area contributed by atoms with Crippen molar-refractivity contribution in [3.63, 3.8) is 0 Å². The number of thiophene rings is 1. The lowest BCUT2D eigenvalue weighted by molar-refractivity contribution is -0.130. The minimum atomic E-state index is 0.0778. The highest BCUT2D eigenvalue weighted by Crippen LogP contribution is 2.27. The van der Waals surface area contributed by atoms with E-state index >= 15 is 0 Å². The van der Waals surface area contributed by atoms with Crippen LogP contribution in [0.3, 0.4) is 0 Å². The van der Waals surface area contributed by atoms with Crippen LogP contribution in [0.1, 0.15) is 11.5 Å². The molecule has 0 aliphatic carbocycles. The summed E-state index contributed by atoms with van der Waals surface area (Å²) in [4.78, 5) is 31.4. The van der Waals surface area contributed by atoms with E-state index in [0.29, 0.717) is 30.4 Å². The van der Waals surface area contributed by atoms with E-state index in [1.54, 1.807) is 17.7 Å². The number of benzene rings is 1. The van der Waals surface area contributed by atoms with Gasteiger partial charge in [0.25, 0.3) is 0 Å². The fourth-order valence-electron chi connectivity index (χ4n) is 3.75. The third-order valence-corrected chi connectivity index (χ3v) is 6.23. The summed E-state index contributed by atoms with van der Waals surface area (Å²) < 4.78 is 5.79. The molecular weight excluding hydrogens is 398 g/mol. The highest BCUT2D eigenvalue weighted by atomic mass is 32.1. The normalized spacial score (nSPS) is 14.4. The van der Waals surface area contributed by atoms with Crippen LogP contribution in [0.5, 0.6) is 0 Å². The van der Waals surface area contributed by atoms with Gasteiger partial charge in [0.15, 0.2) is 0 Å². The first-order valence-electron chi connectivity index (χ1n) is 9.91. The summed E-state index contributed by atoms with van der Waals surface area (Å²) in [5.41, 5.74) is 1.62. The van der Waals surface area contributed by atoms with E-state index in [1.807, 2.05) is 47.5 Å². The number of fused-ring (bicyclic) bond motifs is 1. The Morgan fingerprint density at radius 2 is 1.90 bits per heavy atom. The predicted molar refractivity (Wildman–Crippen MR) is 117 cm³/mol. The average Bonchev–Trinajstić information content (AvgIpc) is 3.41. The monoisotopic (exact) mass is 419 g/mol. The SMILES string of the molecule is Cc1oc(-c2ccccc2)nc1CC(=O)N1CCN(c2ncnc3sccc23)CC1. The summed E-state index contributed by atoms with van der Waals surface area (Å²) in [7, 11) is 0. The molecule has 1 aliphatic rings. The van der Waals surface area contributed by atoms with Crippen molar-refractivity contribution in [1.29, 1.82) is 0 Å². The van der Waals surface area contributed by atoms with E-state index < -0.39 is 0 Å². The van der Waals surface area contributed by atoms with Crippen LogP contribution < -0.4 is 4.90 Å². The van der Waals surface area contributed by atoms with Crippen LogP contribution in [-0.4, -0.2) is 51.9 Å². The van der Waals surface area contributed by atoms with Crippen molar-refractivity contribution in [3.8, 4) is 11.5 Å². The third-order valence-electron chi connectivity index (χ3n) is 5.40. The van der Waals surface area contributed by atoms with Gasteiger partial charge in [-0.3, -0.25) is 4.79 Å². The number of carbonyl (C=O) groups excluding carboxylic acids is 1. The van der Waals surface area contributed by atoms with Crippen LogP contribution in [0.2, 0.25) is 0 Å². The maximum absolute atomic E-state index is 12.9. The van der Waals surface area contributed by atoms with Crippen molar-refractivity contribution in [2.24, 2.45) is 0 Å². The molecule has 1 aliphatic heterocycles. The first-order valence-corrected chi connectivity index (χ1v) is 10.8. The Balaban J connectivity index is 1.24. The van der Waals surface area contributed by atoms with Crippen molar-refractivity contribution in [3.05, 3.63) is 59.6 Å². The van der Waals surface area contributed by atoms with Gasteiger partial charge in [-0.05, 0) is 30.5 Å². The summed E-state index contributed by atoms with van der Waals surface area (Å²) >= 11 is 1.62. The van der Waals surface area contributed by atoms with Gasteiger partial charge in [0, 0.05) is 31.7 Å². The molecule has 1 saturated heterocycles. The van der Waals surface area contributed by atoms with Crippen LogP contribution >= 0.6 is 11.3 Å². The van der Waals surface area contributed by atoms with Crippen molar-refractivity contribution < 1.29 is 9.21 Å². The standard InChI is InChI=1S/C22H21N5O2S/c1-15-18(25-21(29-15)16-5-3-2-4-6-16)13-19(28)26-8-10-27(11-9-26)20-17-7-12-30-22(17)24-14-23-20/h2-7,12,14H,8-11,13H2,1H3. The van der Waals surface area contributed by atoms with E-state index in [2.05, 4.69) is 25.9 Å². The molecule has 3 aromatic heterocycles. The topological polar surface area (TPSA) is 75.4 Å². The molecular formula is C22H21N5O2S. The summed E-state index contributed by atoms with van der Waals surface area (Å²) in [6.45, 7) is 4.69. The van der Waals surface area contributed by atoms with Gasteiger partial charge < -0.3 is 14.2 Å². The molecule has 0 saturated carbocycles. The number of amides is 1. The Bertz CT molecular complexity index is 1180. The lowest BCUT2D eigenvalue weighted by Gasteiger charge is -2.35. The van der Waals surface area contributed by atoms with Crippen LogP contribution in [0.25, 0.3) is 21.7 Å². The number of aromatic nitrogens is 3. The number of anilines is 1. The molecule has 0 spiro atoms. The van der Waals surface area contributed by atoms with Crippen LogP contribution in [-0.2, 0) is 11.2 Å². The zero-order valence-electron chi connectivity index (χ0n) is 16.6. The first kappa shape index (κ1) is 18.7. The van der Waals surface area contributed by atoms with Crippen LogP contribution in [0.4, 0.5) is 5.82 Å². The molecule has 1 fully saturated rings. The van der Waals surface area contributed by atoms with Gasteiger partial charge in [-0.25, -0.2) is 15.0 Å². The smallest absolute Gasteiger partial charge is 0.228 e. The molecule has 4 aromatic rings. The Labute approximate surface area is 178 Å². The Morgan fingerprint density at radius 3 is 2.70 bits per heavy atom. The molecule has 5 rings (SSSR count). The van der Waals surface area contributed by atoms with E-state index in [9.17, 15) is 4.79 Å². The summed E-state index contributed by atoms with van der Waals surface area (Å²) in [6.07, 6.45) is 1.87. The number of nitrogens with zero attached hydrogens (tertiary/aromatic N) is 5. The van der Waals surface area contributed by atoms with E-state index in [1.165, 1.54) is 0 Å². The lowest BCUT2D eigenvalue weighted by Crippen LogP contribution is -2.49. The van der Waals surface area contributed by atoms with Crippen molar-refractivity contribution in [2.75, 3.05) is 31.1 Å². The van der Waals surface area contributed by atoms with Gasteiger partial charge in [-0.15, -0.1) is 11.3 Å². The second-order valence-electron chi connectivity index (χ2n) is 7.27. The Morgan fingerprint density at radius 1 is 1.10 bits per heavy atom. The molecule has 0 atom stereocenters. The summed E-state index contributed by atoms with van der Waals surface area (Å²) in [5, 5.41) is 3.11. The van der Waals surface area contributed by atoms with E-state index in [-0.39, 0.29) is 12.3 Å². The van der Waals surface area contributed by atoms with Gasteiger partial charge in [0.05, 0.1) is 17.5 Å². The van der Waals surface area contributed by atoms with Gasteiger partial charge in [-0.1, -0.05) is 18.2 Å². The second-order valence-corrected chi connectivity index (χ2v) is 8.16. The molecule has 0 radical (unpaired) electrons. The Kier molecular flexibility index (Phi) is 4.92. The molecule has 0 unspecified atom stereocenters. The van der Waals surface area contributed by atoms with Gasteiger partial charge in [0.2, 0.25) is 11.8 Å². The zero-order valence-corrected chi connectivity index (χ0v) is 17.4. The van der Waals surface area contributed by atoms with Gasteiger partial charge in [0.1, 0.15) is 22.7 Å². The first-order chi connectivity index (χ1) is 14.7. The zero-order chi connectivity index (χ0) is 20.5. The molecule has 0 bridgehead atoms. The third kappa shape index (κ3) is 3.54. The Hall–Kier alpha value is -3.26. The van der Waals surface area contributed by atoms with Gasteiger partial charge in [-0.2, -0.15) is 0 Å². The minimum absolute atomic E-state index is 0.0778. The fourth-order valence-corrected chi connectivity index (χ4v) is 4.48. The predicted octanol–water partition coefficient (Wildman–Crippen LogP) is 3.55. The lowest BCUT2D eigenvalue weighted by atomic mass is 10.2. The highest BCUT2D eigenvalue weighted by molar-refractivity contribution is 7.16. The van der Waals surface area contributed by atoms with Gasteiger partial charge >= 0.3 is 0 Å². The van der Waals surface area contributed by atoms with Crippen molar-refractivity contribution in [2.45, 2.75) is 13.3 Å². The number of carbonyl (C=O) groups is 1. The number of hydrogen-bond acceptors (Lipinski definition) is 7. The fraction of sp³-hybridized carbons (Fsp3) is 0.273. The molecule has 0 N–H and O–H groups in total. The van der Waals surface area contributed by atoms with E-state index in [0.717, 1.165) is 34.7 Å². The molecule has 4 heterocycles. The molecule has 7 nitrogen and oxygen atoms in total. The molecule has 1 amide bonds. The molecule has 1 aromatic carbocycles. The van der Waals surface area contributed by atoms with Crippen LogP contribution in [0, 0.1) is 6.92 Å². The van der Waals surface area contributed by atoms with Crippen molar-refractivity contribution in [1.82, 2.24) is 19.9 Å².